The summed E-state index contributed by atoms with van der Waals surface area (Å²) in [5, 5.41) is 0. The summed E-state index contributed by atoms with van der Waals surface area (Å²) in [7, 11) is 4.11. The van der Waals surface area contributed by atoms with Crippen molar-refractivity contribution in [1.29, 1.82) is 0 Å². The number of nitrogens with zero attached hydrogens (tertiary/aromatic N) is 5. The van der Waals surface area contributed by atoms with Gasteiger partial charge in [0.05, 0.1) is 25.1 Å². The van der Waals surface area contributed by atoms with E-state index >= 15 is 0 Å². The number of hydrogen-bond acceptors (Lipinski definition) is 6. The number of aromatic nitrogens is 2. The number of piperazine rings is 1. The minimum Gasteiger partial charge on any atom is -0.375 e. The molecule has 0 saturated carbocycles. The molecule has 0 unspecified atom stereocenters. The van der Waals surface area contributed by atoms with E-state index in [0.717, 1.165) is 45.8 Å². The first-order chi connectivity index (χ1) is 10.6. The summed E-state index contributed by atoms with van der Waals surface area (Å²) in [6.45, 7) is 5.50. The molecule has 2 atom stereocenters. The maximum atomic E-state index is 12.9. The quantitative estimate of drug-likeness (QED) is 0.787. The molecule has 122 valence electrons. The Hall–Kier alpha value is -1.31. The number of anilines is 1. The normalized spacial score (nSPS) is 25.7. The van der Waals surface area contributed by atoms with Crippen LogP contribution < -0.4 is 4.90 Å². The Morgan fingerprint density at radius 2 is 2.05 bits per heavy atom. The van der Waals surface area contributed by atoms with Crippen LogP contribution >= 0.6 is 0 Å². The molecule has 1 aromatic rings. The predicted molar refractivity (Wildman–Crippen MR) is 82.5 cm³/mol. The van der Waals surface area contributed by atoms with Gasteiger partial charge in [-0.2, -0.15) is 0 Å². The lowest BCUT2D eigenvalue weighted by Gasteiger charge is -2.37. The molecule has 2 aliphatic rings. The molecular formula is C15H24FN5O. The van der Waals surface area contributed by atoms with E-state index in [1.54, 1.807) is 0 Å². The summed E-state index contributed by atoms with van der Waals surface area (Å²) in [4.78, 5) is 14.9. The monoisotopic (exact) mass is 309 g/mol. The zero-order valence-electron chi connectivity index (χ0n) is 13.3. The van der Waals surface area contributed by atoms with E-state index in [2.05, 4.69) is 38.8 Å². The van der Waals surface area contributed by atoms with Crippen molar-refractivity contribution in [1.82, 2.24) is 19.8 Å². The van der Waals surface area contributed by atoms with Gasteiger partial charge in [0.1, 0.15) is 0 Å². The fourth-order valence-corrected chi connectivity index (χ4v) is 3.17. The number of likely N-dealkylation sites (N-methyl/N-ethyl adjacent to an activating group) is 1. The van der Waals surface area contributed by atoms with Crippen molar-refractivity contribution in [2.45, 2.75) is 18.6 Å². The van der Waals surface area contributed by atoms with E-state index in [-0.39, 0.29) is 0 Å². The second-order valence-electron chi connectivity index (χ2n) is 6.33. The summed E-state index contributed by atoms with van der Waals surface area (Å²) in [5.41, 5.74) is 0. The summed E-state index contributed by atoms with van der Waals surface area (Å²) in [5.74, 6) is 0.232. The molecule has 0 N–H and O–H groups in total. The molecule has 22 heavy (non-hydrogen) atoms. The first-order valence-corrected chi connectivity index (χ1v) is 7.84. The van der Waals surface area contributed by atoms with Crippen LogP contribution in [0.3, 0.4) is 0 Å². The van der Waals surface area contributed by atoms with Gasteiger partial charge in [-0.05, 0) is 20.5 Å². The number of halogens is 1. The Bertz CT molecular complexity index is 483. The van der Waals surface area contributed by atoms with E-state index in [4.69, 9.17) is 4.74 Å². The maximum absolute atomic E-state index is 12.9. The molecular weight excluding hydrogens is 285 g/mol. The van der Waals surface area contributed by atoms with Crippen molar-refractivity contribution < 1.29 is 9.13 Å². The summed E-state index contributed by atoms with van der Waals surface area (Å²) >= 11 is 0. The third kappa shape index (κ3) is 3.71. The van der Waals surface area contributed by atoms with Gasteiger partial charge in [-0.25, -0.2) is 14.4 Å². The van der Waals surface area contributed by atoms with Crippen molar-refractivity contribution in [2.75, 3.05) is 58.3 Å². The molecule has 0 spiro atoms. The number of ether oxygens (including phenoxy) is 1. The molecule has 0 aliphatic carbocycles. The van der Waals surface area contributed by atoms with Crippen LogP contribution in [-0.4, -0.2) is 85.3 Å². The van der Waals surface area contributed by atoms with Gasteiger partial charge in [0.2, 0.25) is 5.95 Å². The molecule has 0 amide bonds. The van der Waals surface area contributed by atoms with Crippen molar-refractivity contribution in [3.8, 4) is 0 Å². The number of fused-ring (bicyclic) bond motifs is 1. The molecule has 0 radical (unpaired) electrons. The second-order valence-corrected chi connectivity index (χ2v) is 6.33. The van der Waals surface area contributed by atoms with Crippen molar-refractivity contribution in [3.05, 3.63) is 18.2 Å². The highest BCUT2D eigenvalue weighted by Crippen LogP contribution is 2.25. The molecule has 1 aromatic heterocycles. The second kappa shape index (κ2) is 6.85. The Morgan fingerprint density at radius 3 is 2.77 bits per heavy atom. The number of hydrogen-bond donors (Lipinski definition) is 0. The molecule has 0 bridgehead atoms. The van der Waals surface area contributed by atoms with Gasteiger partial charge in [0, 0.05) is 38.8 Å². The van der Waals surface area contributed by atoms with E-state index in [1.807, 2.05) is 0 Å². The van der Waals surface area contributed by atoms with Gasteiger partial charge in [0.25, 0.3) is 0 Å². The Morgan fingerprint density at radius 1 is 1.27 bits per heavy atom. The standard InChI is InChI=1S/C15H24FN5O/c1-19(2)5-6-22-14-7-13-10-21(4-3-20(13)11-14)15-17-8-12(16)9-18-15/h8-9,13-14H,3-7,10-11H2,1-2H3/t13-,14-/m1/s1. The first-order valence-electron chi connectivity index (χ1n) is 7.84. The SMILES string of the molecule is CN(C)CCO[C@@H]1C[C@@H]2CN(c3ncc(F)cn3)CCN2C1. The van der Waals surface area contributed by atoms with E-state index < -0.39 is 5.82 Å². The minimum absolute atomic E-state index is 0.319. The van der Waals surface area contributed by atoms with Crippen LogP contribution in [0.5, 0.6) is 0 Å². The van der Waals surface area contributed by atoms with Gasteiger partial charge < -0.3 is 14.5 Å². The Kier molecular flexibility index (Phi) is 4.85. The third-order valence-corrected chi connectivity index (χ3v) is 4.36. The van der Waals surface area contributed by atoms with Gasteiger partial charge in [-0.1, -0.05) is 0 Å². The lowest BCUT2D eigenvalue weighted by atomic mass is 10.1. The molecule has 0 aromatic carbocycles. The van der Waals surface area contributed by atoms with E-state index in [1.165, 1.54) is 12.4 Å². The van der Waals surface area contributed by atoms with Crippen LogP contribution in [0.2, 0.25) is 0 Å². The van der Waals surface area contributed by atoms with Crippen LogP contribution in [0, 0.1) is 5.82 Å². The molecule has 6 nitrogen and oxygen atoms in total. The topological polar surface area (TPSA) is 44.7 Å². The van der Waals surface area contributed by atoms with Crippen molar-refractivity contribution in [2.24, 2.45) is 0 Å². The van der Waals surface area contributed by atoms with Crippen LogP contribution in [-0.2, 0) is 4.74 Å². The summed E-state index contributed by atoms with van der Waals surface area (Å²) in [6.07, 6.45) is 3.83. The average molecular weight is 309 g/mol. The fourth-order valence-electron chi connectivity index (χ4n) is 3.17. The highest BCUT2D eigenvalue weighted by Gasteiger charge is 2.37. The fraction of sp³-hybridized carbons (Fsp3) is 0.733. The molecule has 7 heteroatoms. The molecule has 2 aliphatic heterocycles. The third-order valence-electron chi connectivity index (χ3n) is 4.36. The van der Waals surface area contributed by atoms with E-state index in [0.29, 0.717) is 18.1 Å². The lowest BCUT2D eigenvalue weighted by molar-refractivity contribution is 0.0501. The van der Waals surface area contributed by atoms with E-state index in [9.17, 15) is 4.39 Å². The lowest BCUT2D eigenvalue weighted by Crippen LogP contribution is -2.50. The average Bonchev–Trinajstić information content (AvgIpc) is 2.89. The molecule has 3 heterocycles. The largest absolute Gasteiger partial charge is 0.375 e. The summed E-state index contributed by atoms with van der Waals surface area (Å²) in [6, 6.07) is 0.478. The predicted octanol–water partition coefficient (Wildman–Crippen LogP) is 0.457. The van der Waals surface area contributed by atoms with Crippen molar-refractivity contribution >= 4 is 5.95 Å². The first kappa shape index (κ1) is 15.6. The van der Waals surface area contributed by atoms with Gasteiger partial charge in [-0.3, -0.25) is 4.90 Å². The zero-order chi connectivity index (χ0) is 15.5. The molecule has 3 rings (SSSR count). The van der Waals surface area contributed by atoms with Gasteiger partial charge in [0.15, 0.2) is 5.82 Å². The highest BCUT2D eigenvalue weighted by molar-refractivity contribution is 5.30. The van der Waals surface area contributed by atoms with Gasteiger partial charge in [-0.15, -0.1) is 0 Å². The Balaban J connectivity index is 1.52. The minimum atomic E-state index is -0.391. The van der Waals surface area contributed by atoms with Gasteiger partial charge >= 0.3 is 0 Å². The zero-order valence-corrected chi connectivity index (χ0v) is 13.3. The van der Waals surface area contributed by atoms with Crippen molar-refractivity contribution in [3.63, 3.8) is 0 Å². The maximum Gasteiger partial charge on any atom is 0.225 e. The summed E-state index contributed by atoms with van der Waals surface area (Å²) < 4.78 is 18.9. The van der Waals surface area contributed by atoms with Crippen LogP contribution in [0.4, 0.5) is 10.3 Å². The van der Waals surface area contributed by atoms with Crippen LogP contribution in [0.25, 0.3) is 0 Å². The van der Waals surface area contributed by atoms with Crippen LogP contribution in [0.15, 0.2) is 12.4 Å². The number of rotatable bonds is 5. The molecule has 2 fully saturated rings. The Labute approximate surface area is 130 Å². The molecule has 2 saturated heterocycles. The van der Waals surface area contributed by atoms with Crippen LogP contribution in [0.1, 0.15) is 6.42 Å². The highest BCUT2D eigenvalue weighted by atomic mass is 19.1. The smallest absolute Gasteiger partial charge is 0.225 e.